The van der Waals surface area contributed by atoms with E-state index >= 15 is 0 Å². The van der Waals surface area contributed by atoms with E-state index in [1.165, 1.54) is 0 Å². The molecule has 2 heterocycles. The van der Waals surface area contributed by atoms with Crippen molar-refractivity contribution in [3.05, 3.63) is 45.5 Å². The molecule has 1 unspecified atom stereocenters. The minimum absolute atomic E-state index is 0.0250. The summed E-state index contributed by atoms with van der Waals surface area (Å²) in [4.78, 5) is 4.40. The topological polar surface area (TPSA) is 68.8 Å². The number of nitrogens with two attached hydrogens (primary N) is 1. The lowest BCUT2D eigenvalue weighted by atomic mass is 10.0. The number of rotatable bonds is 5. The fraction of sp³-hybridized carbons (Fsp3) is 0.467. The molecule has 0 saturated heterocycles. The largest absolute Gasteiger partial charge is 0.271 e. The molecule has 0 bridgehead atoms. The molecule has 0 aliphatic heterocycles. The van der Waals surface area contributed by atoms with Gasteiger partial charge in [0, 0.05) is 24.9 Å². The molecule has 114 valence electrons. The van der Waals surface area contributed by atoms with Gasteiger partial charge in [-0.3, -0.25) is 20.9 Å². The molecule has 5 nitrogen and oxygen atoms in total. The number of aromatic nitrogens is 3. The van der Waals surface area contributed by atoms with E-state index in [9.17, 15) is 0 Å². The number of pyridine rings is 1. The third-order valence-corrected chi connectivity index (χ3v) is 4.04. The van der Waals surface area contributed by atoms with Gasteiger partial charge in [0.05, 0.1) is 22.5 Å². The maximum Gasteiger partial charge on any atom is 0.0850 e. The van der Waals surface area contributed by atoms with Crippen LogP contribution in [0.15, 0.2) is 12.1 Å². The lowest BCUT2D eigenvalue weighted by molar-refractivity contribution is 0.528. The second-order valence-electron chi connectivity index (χ2n) is 5.29. The second kappa shape index (κ2) is 6.56. The van der Waals surface area contributed by atoms with Gasteiger partial charge in [-0.15, -0.1) is 0 Å². The van der Waals surface area contributed by atoms with Gasteiger partial charge in [-0.05, 0) is 38.0 Å². The molecule has 2 aromatic heterocycles. The van der Waals surface area contributed by atoms with E-state index in [1.807, 2.05) is 44.6 Å². The maximum absolute atomic E-state index is 6.42. The van der Waals surface area contributed by atoms with Crippen molar-refractivity contribution in [1.29, 1.82) is 0 Å². The van der Waals surface area contributed by atoms with Crippen molar-refractivity contribution < 1.29 is 0 Å². The van der Waals surface area contributed by atoms with Crippen LogP contribution in [0, 0.1) is 13.8 Å². The second-order valence-corrected chi connectivity index (χ2v) is 5.67. The molecule has 2 rings (SSSR count). The van der Waals surface area contributed by atoms with E-state index in [0.717, 1.165) is 39.8 Å². The van der Waals surface area contributed by atoms with Crippen LogP contribution in [0.4, 0.5) is 0 Å². The molecular weight excluding hydrogens is 286 g/mol. The Morgan fingerprint density at radius 1 is 1.33 bits per heavy atom. The first kappa shape index (κ1) is 15.9. The Balaban J connectivity index is 2.33. The minimum atomic E-state index is -0.0250. The van der Waals surface area contributed by atoms with Gasteiger partial charge in [0.1, 0.15) is 0 Å². The van der Waals surface area contributed by atoms with Crippen LogP contribution < -0.4 is 11.3 Å². The van der Waals surface area contributed by atoms with E-state index in [0.29, 0.717) is 6.42 Å². The zero-order valence-corrected chi connectivity index (χ0v) is 13.7. The number of hydrogen-bond acceptors (Lipinski definition) is 4. The zero-order chi connectivity index (χ0) is 15.6. The van der Waals surface area contributed by atoms with Crippen molar-refractivity contribution in [3.63, 3.8) is 0 Å². The predicted octanol–water partition coefficient (Wildman–Crippen LogP) is 2.39. The van der Waals surface area contributed by atoms with Crippen LogP contribution in [-0.4, -0.2) is 14.8 Å². The molecule has 0 radical (unpaired) electrons. The summed E-state index contributed by atoms with van der Waals surface area (Å²) in [5.74, 6) is 5.75. The molecule has 0 fully saturated rings. The molecule has 2 aromatic rings. The summed E-state index contributed by atoms with van der Waals surface area (Å²) in [6.45, 7) is 6.01. The number of hydrogen-bond donors (Lipinski definition) is 2. The third-order valence-electron chi connectivity index (χ3n) is 3.61. The normalized spacial score (nSPS) is 12.7. The summed E-state index contributed by atoms with van der Waals surface area (Å²) in [6, 6.07) is 4.06. The van der Waals surface area contributed by atoms with E-state index in [2.05, 4.69) is 15.5 Å². The molecule has 21 heavy (non-hydrogen) atoms. The summed E-state index contributed by atoms with van der Waals surface area (Å²) >= 11 is 6.42. The van der Waals surface area contributed by atoms with Crippen LogP contribution in [-0.2, 0) is 19.9 Å². The van der Waals surface area contributed by atoms with Gasteiger partial charge >= 0.3 is 0 Å². The van der Waals surface area contributed by atoms with Crippen molar-refractivity contribution in [2.24, 2.45) is 12.9 Å². The van der Waals surface area contributed by atoms with Crippen LogP contribution in [0.1, 0.15) is 41.3 Å². The highest BCUT2D eigenvalue weighted by Crippen LogP contribution is 2.26. The smallest absolute Gasteiger partial charge is 0.0850 e. The lowest BCUT2D eigenvalue weighted by Gasteiger charge is -2.17. The minimum Gasteiger partial charge on any atom is -0.271 e. The average molecular weight is 308 g/mol. The quantitative estimate of drug-likeness (QED) is 0.657. The highest BCUT2D eigenvalue weighted by Gasteiger charge is 2.19. The first-order chi connectivity index (χ1) is 9.96. The van der Waals surface area contributed by atoms with Crippen LogP contribution >= 0.6 is 11.6 Å². The predicted molar refractivity (Wildman–Crippen MR) is 85.1 cm³/mol. The highest BCUT2D eigenvalue weighted by atomic mass is 35.5. The van der Waals surface area contributed by atoms with Gasteiger partial charge in [0.2, 0.25) is 0 Å². The van der Waals surface area contributed by atoms with Gasteiger partial charge in [0.15, 0.2) is 0 Å². The molecule has 0 aliphatic rings. The Morgan fingerprint density at radius 2 is 1.95 bits per heavy atom. The highest BCUT2D eigenvalue weighted by molar-refractivity contribution is 6.31. The zero-order valence-electron chi connectivity index (χ0n) is 12.9. The molecule has 1 atom stereocenters. The molecule has 0 aliphatic carbocycles. The first-order valence-electron chi connectivity index (χ1n) is 7.07. The standard InChI is InChI=1S/C15H22ClN5/c1-5-12-15(16)14(21(4)20-12)8-13(19-17)11-6-9(2)18-10(3)7-11/h6-7,13,19H,5,8,17H2,1-4H3. The molecule has 6 heteroatoms. The van der Waals surface area contributed by atoms with E-state index < -0.39 is 0 Å². The van der Waals surface area contributed by atoms with E-state index in [-0.39, 0.29) is 6.04 Å². The van der Waals surface area contributed by atoms with Crippen molar-refractivity contribution in [2.45, 2.75) is 39.7 Å². The van der Waals surface area contributed by atoms with Crippen LogP contribution in [0.3, 0.4) is 0 Å². The molecule has 0 spiro atoms. The number of halogens is 1. The van der Waals surface area contributed by atoms with Gasteiger partial charge in [-0.2, -0.15) is 5.10 Å². The van der Waals surface area contributed by atoms with Gasteiger partial charge in [-0.25, -0.2) is 0 Å². The first-order valence-corrected chi connectivity index (χ1v) is 7.45. The summed E-state index contributed by atoms with van der Waals surface area (Å²) in [5, 5.41) is 5.19. The van der Waals surface area contributed by atoms with Gasteiger partial charge < -0.3 is 0 Å². The fourth-order valence-corrected chi connectivity index (χ4v) is 2.95. The molecule has 0 amide bonds. The summed E-state index contributed by atoms with van der Waals surface area (Å²) in [5.41, 5.74) is 7.86. The molecule has 3 N–H and O–H groups in total. The van der Waals surface area contributed by atoms with Crippen molar-refractivity contribution in [3.8, 4) is 0 Å². The number of hydrazine groups is 1. The Labute approximate surface area is 130 Å². The molecule has 0 aromatic carbocycles. The SMILES string of the molecule is CCc1nn(C)c(CC(NN)c2cc(C)nc(C)c2)c1Cl. The summed E-state index contributed by atoms with van der Waals surface area (Å²) in [7, 11) is 1.91. The average Bonchev–Trinajstić information content (AvgIpc) is 2.70. The fourth-order valence-electron chi connectivity index (χ4n) is 2.58. The van der Waals surface area contributed by atoms with Crippen molar-refractivity contribution in [1.82, 2.24) is 20.2 Å². The number of nitrogens with zero attached hydrogens (tertiary/aromatic N) is 3. The monoisotopic (exact) mass is 307 g/mol. The summed E-state index contributed by atoms with van der Waals surface area (Å²) < 4.78 is 1.84. The van der Waals surface area contributed by atoms with Crippen LogP contribution in [0.25, 0.3) is 0 Å². The van der Waals surface area contributed by atoms with E-state index in [1.54, 1.807) is 0 Å². The number of nitrogens with one attached hydrogen (secondary N) is 1. The number of aryl methyl sites for hydroxylation is 4. The maximum atomic E-state index is 6.42. The Hall–Kier alpha value is -1.43. The van der Waals surface area contributed by atoms with Crippen LogP contribution in [0.2, 0.25) is 5.02 Å². The van der Waals surface area contributed by atoms with Gasteiger partial charge in [0.25, 0.3) is 0 Å². The molecule has 0 saturated carbocycles. The van der Waals surface area contributed by atoms with Gasteiger partial charge in [-0.1, -0.05) is 18.5 Å². The van der Waals surface area contributed by atoms with Crippen LogP contribution in [0.5, 0.6) is 0 Å². The molecular formula is C15H22ClN5. The Kier molecular flexibility index (Phi) is 4.98. The summed E-state index contributed by atoms with van der Waals surface area (Å²) in [6.07, 6.45) is 1.50. The van der Waals surface area contributed by atoms with Crippen molar-refractivity contribution >= 4 is 11.6 Å². The third kappa shape index (κ3) is 3.43. The Morgan fingerprint density at radius 3 is 2.43 bits per heavy atom. The van der Waals surface area contributed by atoms with Crippen molar-refractivity contribution in [2.75, 3.05) is 0 Å². The Bertz CT molecular complexity index is 615. The van der Waals surface area contributed by atoms with E-state index in [4.69, 9.17) is 17.4 Å². The lowest BCUT2D eigenvalue weighted by Crippen LogP contribution is -2.30.